The molecule has 3 amide bonds. The number of urea groups is 1. The minimum atomic E-state index is -0.328. The van der Waals surface area contributed by atoms with Gasteiger partial charge >= 0.3 is 6.03 Å². The SMILES string of the molecule is C[C@H](C(=O)NC(=O)NC1CCCC1)N1CCCCCCC1. The van der Waals surface area contributed by atoms with Gasteiger partial charge in [-0.2, -0.15) is 0 Å². The highest BCUT2D eigenvalue weighted by Crippen LogP contribution is 2.17. The van der Waals surface area contributed by atoms with E-state index >= 15 is 0 Å². The predicted molar refractivity (Wildman–Crippen MR) is 83.1 cm³/mol. The Morgan fingerprint density at radius 2 is 1.52 bits per heavy atom. The lowest BCUT2D eigenvalue weighted by Crippen LogP contribution is -2.51. The van der Waals surface area contributed by atoms with E-state index in [4.69, 9.17) is 0 Å². The number of nitrogens with one attached hydrogen (secondary N) is 2. The molecule has 0 aromatic heterocycles. The number of rotatable bonds is 3. The lowest BCUT2D eigenvalue weighted by atomic mass is 10.1. The van der Waals surface area contributed by atoms with Crippen LogP contribution in [-0.2, 0) is 4.79 Å². The molecule has 5 nitrogen and oxygen atoms in total. The summed E-state index contributed by atoms with van der Waals surface area (Å²) in [6, 6.07) is -0.307. The van der Waals surface area contributed by atoms with Crippen LogP contribution >= 0.6 is 0 Å². The Labute approximate surface area is 127 Å². The molecule has 21 heavy (non-hydrogen) atoms. The van der Waals surface area contributed by atoms with Gasteiger partial charge in [0, 0.05) is 6.04 Å². The maximum atomic E-state index is 12.2. The zero-order valence-electron chi connectivity index (χ0n) is 13.2. The maximum Gasteiger partial charge on any atom is 0.321 e. The van der Waals surface area contributed by atoms with Crippen LogP contribution in [0.25, 0.3) is 0 Å². The molecule has 1 saturated heterocycles. The first kappa shape index (κ1) is 16.3. The van der Waals surface area contributed by atoms with Gasteiger partial charge in [0.25, 0.3) is 0 Å². The van der Waals surface area contributed by atoms with Crippen LogP contribution in [0, 0.1) is 0 Å². The average Bonchev–Trinajstić information content (AvgIpc) is 2.90. The topological polar surface area (TPSA) is 61.4 Å². The van der Waals surface area contributed by atoms with Gasteiger partial charge in [0.05, 0.1) is 6.04 Å². The molecule has 0 bridgehead atoms. The van der Waals surface area contributed by atoms with Crippen molar-refractivity contribution in [1.82, 2.24) is 15.5 Å². The van der Waals surface area contributed by atoms with Gasteiger partial charge < -0.3 is 5.32 Å². The number of hydrogen-bond donors (Lipinski definition) is 2. The summed E-state index contributed by atoms with van der Waals surface area (Å²) in [5.41, 5.74) is 0. The molecule has 0 aromatic carbocycles. The number of carbonyl (C=O) groups excluding carboxylic acids is 2. The van der Waals surface area contributed by atoms with Crippen molar-refractivity contribution in [2.24, 2.45) is 0 Å². The molecule has 1 heterocycles. The first-order chi connectivity index (χ1) is 10.2. The molecule has 0 unspecified atom stereocenters. The van der Waals surface area contributed by atoms with E-state index in [1.54, 1.807) is 0 Å². The minimum Gasteiger partial charge on any atom is -0.335 e. The van der Waals surface area contributed by atoms with Gasteiger partial charge in [0.1, 0.15) is 0 Å². The normalized spacial score (nSPS) is 23.1. The largest absolute Gasteiger partial charge is 0.335 e. The van der Waals surface area contributed by atoms with Gasteiger partial charge in [0.15, 0.2) is 0 Å². The summed E-state index contributed by atoms with van der Waals surface area (Å²) < 4.78 is 0. The van der Waals surface area contributed by atoms with Crippen LogP contribution in [0.4, 0.5) is 4.79 Å². The lowest BCUT2D eigenvalue weighted by Gasteiger charge is -2.29. The second-order valence-electron chi connectivity index (χ2n) is 6.42. The first-order valence-electron chi connectivity index (χ1n) is 8.52. The molecule has 0 aromatic rings. The summed E-state index contributed by atoms with van der Waals surface area (Å²) in [5, 5.41) is 5.41. The third-order valence-electron chi connectivity index (χ3n) is 4.74. The third kappa shape index (κ3) is 5.30. The molecule has 5 heteroatoms. The second kappa shape index (κ2) is 8.37. The van der Waals surface area contributed by atoms with Crippen molar-refractivity contribution in [1.29, 1.82) is 0 Å². The van der Waals surface area contributed by atoms with Crippen LogP contribution in [-0.4, -0.2) is 42.0 Å². The highest BCUT2D eigenvalue weighted by atomic mass is 16.2. The molecule has 2 rings (SSSR count). The first-order valence-corrected chi connectivity index (χ1v) is 8.52. The van der Waals surface area contributed by atoms with Gasteiger partial charge in [0.2, 0.25) is 5.91 Å². The van der Waals surface area contributed by atoms with E-state index in [1.165, 1.54) is 32.1 Å². The molecule has 0 spiro atoms. The van der Waals surface area contributed by atoms with E-state index in [0.717, 1.165) is 38.8 Å². The van der Waals surface area contributed by atoms with Crippen molar-refractivity contribution >= 4 is 11.9 Å². The molecule has 0 radical (unpaired) electrons. The van der Waals surface area contributed by atoms with E-state index in [-0.39, 0.29) is 24.0 Å². The van der Waals surface area contributed by atoms with Crippen LogP contribution < -0.4 is 10.6 Å². The van der Waals surface area contributed by atoms with E-state index in [1.807, 2.05) is 6.92 Å². The van der Waals surface area contributed by atoms with Crippen molar-refractivity contribution in [3.05, 3.63) is 0 Å². The number of imide groups is 1. The van der Waals surface area contributed by atoms with Crippen molar-refractivity contribution in [3.8, 4) is 0 Å². The summed E-state index contributed by atoms with van der Waals surface area (Å²) in [7, 11) is 0. The van der Waals surface area contributed by atoms with Gasteiger partial charge in [-0.05, 0) is 45.7 Å². The molecular weight excluding hydrogens is 266 g/mol. The van der Waals surface area contributed by atoms with Gasteiger partial charge in [-0.15, -0.1) is 0 Å². The van der Waals surface area contributed by atoms with Gasteiger partial charge in [-0.1, -0.05) is 32.1 Å². The van der Waals surface area contributed by atoms with Gasteiger partial charge in [-0.25, -0.2) is 4.79 Å². The quantitative estimate of drug-likeness (QED) is 0.840. The van der Waals surface area contributed by atoms with Crippen LogP contribution in [0.3, 0.4) is 0 Å². The Hall–Kier alpha value is -1.10. The van der Waals surface area contributed by atoms with Crippen molar-refractivity contribution in [2.45, 2.75) is 76.8 Å². The highest BCUT2D eigenvalue weighted by molar-refractivity contribution is 5.96. The van der Waals surface area contributed by atoms with Crippen LogP contribution in [0.2, 0.25) is 0 Å². The minimum absolute atomic E-state index is 0.175. The van der Waals surface area contributed by atoms with Crippen molar-refractivity contribution < 1.29 is 9.59 Å². The number of likely N-dealkylation sites (tertiary alicyclic amines) is 1. The number of amides is 3. The van der Waals surface area contributed by atoms with Crippen molar-refractivity contribution in [3.63, 3.8) is 0 Å². The molecule has 2 aliphatic rings. The molecule has 1 aliphatic carbocycles. The monoisotopic (exact) mass is 295 g/mol. The Morgan fingerprint density at radius 1 is 0.952 bits per heavy atom. The lowest BCUT2D eigenvalue weighted by molar-refractivity contribution is -0.124. The molecule has 2 N–H and O–H groups in total. The summed E-state index contributed by atoms with van der Waals surface area (Å²) in [6.07, 6.45) is 10.5. The van der Waals surface area contributed by atoms with E-state index in [2.05, 4.69) is 15.5 Å². The van der Waals surface area contributed by atoms with E-state index in [0.29, 0.717) is 0 Å². The number of hydrogen-bond acceptors (Lipinski definition) is 3. The van der Waals surface area contributed by atoms with Gasteiger partial charge in [-0.3, -0.25) is 15.0 Å². The van der Waals surface area contributed by atoms with Crippen LogP contribution in [0.1, 0.15) is 64.7 Å². The smallest absolute Gasteiger partial charge is 0.321 e. The Morgan fingerprint density at radius 3 is 2.14 bits per heavy atom. The fourth-order valence-corrected chi connectivity index (χ4v) is 3.33. The highest BCUT2D eigenvalue weighted by Gasteiger charge is 2.24. The Balaban J connectivity index is 1.76. The van der Waals surface area contributed by atoms with Crippen molar-refractivity contribution in [2.75, 3.05) is 13.1 Å². The summed E-state index contributed by atoms with van der Waals surface area (Å²) in [5.74, 6) is -0.175. The Kier molecular flexibility index (Phi) is 6.49. The molecule has 1 atom stereocenters. The molecule has 2 fully saturated rings. The summed E-state index contributed by atoms with van der Waals surface area (Å²) >= 11 is 0. The number of carbonyl (C=O) groups is 2. The second-order valence-corrected chi connectivity index (χ2v) is 6.42. The predicted octanol–water partition coefficient (Wildman–Crippen LogP) is 2.41. The Bertz CT molecular complexity index is 345. The molecular formula is C16H29N3O2. The zero-order valence-corrected chi connectivity index (χ0v) is 13.2. The third-order valence-corrected chi connectivity index (χ3v) is 4.74. The van der Waals surface area contributed by atoms with E-state index < -0.39 is 0 Å². The van der Waals surface area contributed by atoms with Crippen LogP contribution in [0.15, 0.2) is 0 Å². The molecule has 1 aliphatic heterocycles. The maximum absolute atomic E-state index is 12.2. The summed E-state index contributed by atoms with van der Waals surface area (Å²) in [4.78, 5) is 26.3. The fourth-order valence-electron chi connectivity index (χ4n) is 3.33. The molecule has 1 saturated carbocycles. The average molecular weight is 295 g/mol. The fraction of sp³-hybridized carbons (Fsp3) is 0.875. The van der Waals surface area contributed by atoms with E-state index in [9.17, 15) is 9.59 Å². The zero-order chi connectivity index (χ0) is 15.1. The molecule has 120 valence electrons. The summed E-state index contributed by atoms with van der Waals surface area (Å²) in [6.45, 7) is 3.82. The number of nitrogens with zero attached hydrogens (tertiary/aromatic N) is 1. The standard InChI is InChI=1S/C16H29N3O2/c1-13(19-11-7-3-2-4-8-12-19)15(20)18-16(21)17-14-9-5-6-10-14/h13-14H,2-12H2,1H3,(H2,17,18,20,21)/t13-/m1/s1. The van der Waals surface area contributed by atoms with Crippen LogP contribution in [0.5, 0.6) is 0 Å².